The molecule has 4 nitrogen and oxygen atoms in total. The number of rotatable bonds is 5. The fourth-order valence-corrected chi connectivity index (χ4v) is 2.37. The number of hydrogen-bond donors (Lipinski definition) is 2. The molecule has 0 aliphatic rings. The Morgan fingerprint density at radius 1 is 1.47 bits per heavy atom. The Hall–Kier alpha value is -1.79. The summed E-state index contributed by atoms with van der Waals surface area (Å²) in [6.45, 7) is 4.89. The number of nitrogens with zero attached hydrogens (tertiary/aromatic N) is 2. The van der Waals surface area contributed by atoms with Crippen molar-refractivity contribution in [3.63, 3.8) is 0 Å². The van der Waals surface area contributed by atoms with Crippen LogP contribution in [0.25, 0.3) is 10.6 Å². The summed E-state index contributed by atoms with van der Waals surface area (Å²) < 4.78 is 0. The average molecular weight is 290 g/mol. The van der Waals surface area contributed by atoms with E-state index >= 15 is 0 Å². The maximum absolute atomic E-state index is 5.11. The van der Waals surface area contributed by atoms with Gasteiger partial charge in [-0.15, -0.1) is 17.9 Å². The maximum Gasteiger partial charge on any atom is 0.166 e. The van der Waals surface area contributed by atoms with Crippen molar-refractivity contribution in [1.29, 1.82) is 0 Å². The van der Waals surface area contributed by atoms with Crippen molar-refractivity contribution in [2.45, 2.75) is 6.54 Å². The van der Waals surface area contributed by atoms with Crippen LogP contribution in [0.5, 0.6) is 0 Å². The van der Waals surface area contributed by atoms with Crippen molar-refractivity contribution in [1.82, 2.24) is 20.6 Å². The molecular weight excluding hydrogens is 276 g/mol. The Bertz CT molecular complexity index is 551. The molecule has 0 saturated carbocycles. The van der Waals surface area contributed by atoms with Gasteiger partial charge < -0.3 is 10.6 Å². The molecule has 2 heterocycles. The molecule has 0 fully saturated rings. The molecule has 2 N–H and O–H groups in total. The SMILES string of the molecule is C=CCNC(=S)NCc1csc(-c2cccnc2)n1. The van der Waals surface area contributed by atoms with E-state index in [-0.39, 0.29) is 0 Å². The average Bonchev–Trinajstić information content (AvgIpc) is 2.93. The zero-order valence-electron chi connectivity index (χ0n) is 10.3. The minimum absolute atomic E-state index is 0.607. The van der Waals surface area contributed by atoms with Gasteiger partial charge in [0.2, 0.25) is 0 Å². The van der Waals surface area contributed by atoms with Gasteiger partial charge >= 0.3 is 0 Å². The van der Waals surface area contributed by atoms with Crippen LogP contribution < -0.4 is 10.6 Å². The first-order chi connectivity index (χ1) is 9.29. The third-order valence-corrected chi connectivity index (χ3v) is 3.53. The highest BCUT2D eigenvalue weighted by Crippen LogP contribution is 2.22. The van der Waals surface area contributed by atoms with Crippen LogP contribution in [0.2, 0.25) is 0 Å². The molecule has 2 aromatic heterocycles. The molecular formula is C13H14N4S2. The predicted molar refractivity (Wildman–Crippen MR) is 83.0 cm³/mol. The smallest absolute Gasteiger partial charge is 0.166 e. The van der Waals surface area contributed by atoms with Crippen molar-refractivity contribution >= 4 is 28.7 Å². The largest absolute Gasteiger partial charge is 0.359 e. The highest BCUT2D eigenvalue weighted by molar-refractivity contribution is 7.80. The van der Waals surface area contributed by atoms with Gasteiger partial charge in [-0.05, 0) is 24.4 Å². The van der Waals surface area contributed by atoms with E-state index in [1.54, 1.807) is 23.6 Å². The summed E-state index contributed by atoms with van der Waals surface area (Å²) in [5.41, 5.74) is 2.00. The van der Waals surface area contributed by atoms with Crippen molar-refractivity contribution in [3.8, 4) is 10.6 Å². The molecule has 0 saturated heterocycles. The molecule has 0 aliphatic carbocycles. The van der Waals surface area contributed by atoms with Crippen LogP contribution in [0, 0.1) is 0 Å². The van der Waals surface area contributed by atoms with Gasteiger partial charge in [-0.3, -0.25) is 4.98 Å². The zero-order valence-corrected chi connectivity index (χ0v) is 11.9. The Labute approximate surface area is 121 Å². The summed E-state index contributed by atoms with van der Waals surface area (Å²) in [5, 5.41) is 9.70. The zero-order chi connectivity index (χ0) is 13.5. The molecule has 2 rings (SSSR count). The Balaban J connectivity index is 1.91. The summed E-state index contributed by atoms with van der Waals surface area (Å²) >= 11 is 6.72. The Morgan fingerprint density at radius 3 is 3.11 bits per heavy atom. The standard InChI is InChI=1S/C13H14N4S2/c1-2-5-15-13(18)16-8-11-9-19-12(17-11)10-4-3-6-14-7-10/h2-4,6-7,9H,1,5,8H2,(H2,15,16,18). The number of thiazole rings is 1. The lowest BCUT2D eigenvalue weighted by Crippen LogP contribution is -2.34. The lowest BCUT2D eigenvalue weighted by Gasteiger charge is -2.06. The molecule has 0 spiro atoms. The van der Waals surface area contributed by atoms with Crippen molar-refractivity contribution in [3.05, 3.63) is 48.3 Å². The lowest BCUT2D eigenvalue weighted by molar-refractivity contribution is 0.852. The van der Waals surface area contributed by atoms with E-state index in [1.807, 2.05) is 23.7 Å². The first-order valence-electron chi connectivity index (χ1n) is 5.77. The number of thiocarbonyl (C=S) groups is 1. The molecule has 6 heteroatoms. The molecule has 0 aliphatic heterocycles. The van der Waals surface area contributed by atoms with Crippen molar-refractivity contribution in [2.75, 3.05) is 6.54 Å². The first kappa shape index (κ1) is 13.6. The van der Waals surface area contributed by atoms with E-state index < -0.39 is 0 Å². The molecule has 0 bridgehead atoms. The molecule has 98 valence electrons. The molecule has 0 atom stereocenters. The van der Waals surface area contributed by atoms with E-state index in [1.165, 1.54) is 0 Å². The lowest BCUT2D eigenvalue weighted by atomic mass is 10.3. The van der Waals surface area contributed by atoms with Crippen LogP contribution in [0.1, 0.15) is 5.69 Å². The molecule has 0 radical (unpaired) electrons. The van der Waals surface area contributed by atoms with E-state index in [4.69, 9.17) is 12.2 Å². The second-order valence-electron chi connectivity index (χ2n) is 3.74. The van der Waals surface area contributed by atoms with E-state index in [0.29, 0.717) is 18.2 Å². The van der Waals surface area contributed by atoms with Crippen molar-refractivity contribution < 1.29 is 0 Å². The number of aromatic nitrogens is 2. The van der Waals surface area contributed by atoms with Gasteiger partial charge in [-0.2, -0.15) is 0 Å². The molecule has 2 aromatic rings. The molecule has 0 unspecified atom stereocenters. The maximum atomic E-state index is 5.11. The van der Waals surface area contributed by atoms with Gasteiger partial charge in [0.25, 0.3) is 0 Å². The second-order valence-corrected chi connectivity index (χ2v) is 5.00. The van der Waals surface area contributed by atoms with Gasteiger partial charge in [-0.1, -0.05) is 6.08 Å². The fourth-order valence-electron chi connectivity index (χ4n) is 1.41. The fraction of sp³-hybridized carbons (Fsp3) is 0.154. The van der Waals surface area contributed by atoms with Crippen LogP contribution >= 0.6 is 23.6 Å². The van der Waals surface area contributed by atoms with Gasteiger partial charge in [0.1, 0.15) is 5.01 Å². The van der Waals surface area contributed by atoms with E-state index in [0.717, 1.165) is 16.3 Å². The molecule has 19 heavy (non-hydrogen) atoms. The van der Waals surface area contributed by atoms with Gasteiger partial charge in [0.05, 0.1) is 12.2 Å². The minimum atomic E-state index is 0.607. The quantitative estimate of drug-likeness (QED) is 0.654. The summed E-state index contributed by atoms with van der Waals surface area (Å²) in [5.74, 6) is 0. The third-order valence-electron chi connectivity index (χ3n) is 2.30. The summed E-state index contributed by atoms with van der Waals surface area (Å²) in [6.07, 6.45) is 5.33. The normalized spacial score (nSPS) is 9.89. The van der Waals surface area contributed by atoms with Crippen LogP contribution in [0.15, 0.2) is 42.6 Å². The van der Waals surface area contributed by atoms with E-state index in [2.05, 4.69) is 27.2 Å². The first-order valence-corrected chi connectivity index (χ1v) is 7.06. The second kappa shape index (κ2) is 6.96. The minimum Gasteiger partial charge on any atom is -0.359 e. The van der Waals surface area contributed by atoms with Crippen molar-refractivity contribution in [2.24, 2.45) is 0 Å². The monoisotopic (exact) mass is 290 g/mol. The Kier molecular flexibility index (Phi) is 5.00. The van der Waals surface area contributed by atoms with Crippen LogP contribution in [-0.4, -0.2) is 21.6 Å². The molecule has 0 aromatic carbocycles. The third kappa shape index (κ3) is 4.11. The van der Waals surface area contributed by atoms with Crippen LogP contribution in [-0.2, 0) is 6.54 Å². The summed E-state index contributed by atoms with van der Waals surface area (Å²) in [6, 6.07) is 3.91. The topological polar surface area (TPSA) is 49.8 Å². The summed E-state index contributed by atoms with van der Waals surface area (Å²) in [7, 11) is 0. The summed E-state index contributed by atoms with van der Waals surface area (Å²) in [4.78, 5) is 8.63. The Morgan fingerprint density at radius 2 is 2.37 bits per heavy atom. The molecule has 0 amide bonds. The number of hydrogen-bond acceptors (Lipinski definition) is 4. The number of nitrogens with one attached hydrogen (secondary N) is 2. The highest BCUT2D eigenvalue weighted by atomic mass is 32.1. The van der Waals surface area contributed by atoms with Gasteiger partial charge in [0.15, 0.2) is 5.11 Å². The van der Waals surface area contributed by atoms with Crippen LogP contribution in [0.4, 0.5) is 0 Å². The number of pyridine rings is 1. The van der Waals surface area contributed by atoms with Crippen LogP contribution in [0.3, 0.4) is 0 Å². The highest BCUT2D eigenvalue weighted by Gasteiger charge is 2.04. The predicted octanol–water partition coefficient (Wildman–Crippen LogP) is 2.36. The van der Waals surface area contributed by atoms with E-state index in [9.17, 15) is 0 Å². The van der Waals surface area contributed by atoms with Gasteiger partial charge in [-0.25, -0.2) is 4.98 Å². The van der Waals surface area contributed by atoms with Gasteiger partial charge in [0, 0.05) is 29.9 Å².